The molecule has 0 bridgehead atoms. The van der Waals surface area contributed by atoms with E-state index >= 15 is 0 Å². The highest BCUT2D eigenvalue weighted by Gasteiger charge is 2.29. The molecule has 1 aromatic heterocycles. The summed E-state index contributed by atoms with van der Waals surface area (Å²) in [7, 11) is 1.36. The molecule has 1 aliphatic rings. The number of aromatic nitrogens is 1. The summed E-state index contributed by atoms with van der Waals surface area (Å²) in [4.78, 5) is 24.7. The predicted molar refractivity (Wildman–Crippen MR) is 83.1 cm³/mol. The van der Waals surface area contributed by atoms with Crippen molar-refractivity contribution in [2.24, 2.45) is 0 Å². The van der Waals surface area contributed by atoms with Gasteiger partial charge in [-0.25, -0.2) is 13.6 Å². The fraction of sp³-hybridized carbons (Fsp3) is 0.412. The number of rotatable bonds is 5. The molecule has 2 aromatic rings. The minimum absolute atomic E-state index is 0.0214. The monoisotopic (exact) mass is 337 g/mol. The van der Waals surface area contributed by atoms with Crippen molar-refractivity contribution >= 4 is 16.9 Å². The molecule has 1 saturated carbocycles. The van der Waals surface area contributed by atoms with Crippen LogP contribution in [-0.4, -0.2) is 24.3 Å². The second-order valence-corrected chi connectivity index (χ2v) is 5.71. The molecule has 0 unspecified atom stereocenters. The summed E-state index contributed by atoms with van der Waals surface area (Å²) in [5, 5.41) is -0.0431. The van der Waals surface area contributed by atoms with Gasteiger partial charge in [0.2, 0.25) is 5.43 Å². The summed E-state index contributed by atoms with van der Waals surface area (Å²) in [5.41, 5.74) is -0.592. The third-order valence-electron chi connectivity index (χ3n) is 4.03. The van der Waals surface area contributed by atoms with E-state index in [1.807, 2.05) is 0 Å². The van der Waals surface area contributed by atoms with E-state index in [0.717, 1.165) is 18.9 Å². The number of methoxy groups -OCH3 is 1. The number of carbonyl (C=O) groups is 1. The van der Waals surface area contributed by atoms with Gasteiger partial charge in [0.05, 0.1) is 24.1 Å². The molecule has 1 aromatic carbocycles. The number of hydrogen-bond acceptors (Lipinski definition) is 4. The smallest absolute Gasteiger partial charge is 0.343 e. The van der Waals surface area contributed by atoms with E-state index in [2.05, 4.69) is 0 Å². The van der Waals surface area contributed by atoms with Crippen LogP contribution < -0.4 is 5.43 Å². The van der Waals surface area contributed by atoms with Crippen LogP contribution >= 0.6 is 0 Å². The van der Waals surface area contributed by atoms with Crippen LogP contribution in [0.3, 0.4) is 0 Å². The largest absolute Gasteiger partial charge is 0.462 e. The van der Waals surface area contributed by atoms with E-state index in [4.69, 9.17) is 9.47 Å². The van der Waals surface area contributed by atoms with Crippen molar-refractivity contribution in [1.82, 2.24) is 4.57 Å². The number of esters is 1. The molecule has 128 valence electrons. The third-order valence-corrected chi connectivity index (χ3v) is 4.03. The number of fused-ring (bicyclic) bond motifs is 1. The van der Waals surface area contributed by atoms with E-state index in [-0.39, 0.29) is 41.3 Å². The summed E-state index contributed by atoms with van der Waals surface area (Å²) < 4.78 is 39.7. The lowest BCUT2D eigenvalue weighted by Crippen LogP contribution is -2.22. The molecular weight excluding hydrogens is 320 g/mol. The van der Waals surface area contributed by atoms with Gasteiger partial charge in [-0.2, -0.15) is 0 Å². The first kappa shape index (κ1) is 16.6. The quantitative estimate of drug-likeness (QED) is 0.787. The van der Waals surface area contributed by atoms with Gasteiger partial charge in [-0.05, 0) is 25.8 Å². The minimum Gasteiger partial charge on any atom is -0.462 e. The van der Waals surface area contributed by atoms with Gasteiger partial charge in [0.15, 0.2) is 11.6 Å². The Balaban J connectivity index is 2.38. The van der Waals surface area contributed by atoms with Crippen LogP contribution in [0.25, 0.3) is 10.9 Å². The molecule has 1 fully saturated rings. The molecule has 0 aliphatic heterocycles. The lowest BCUT2D eigenvalue weighted by molar-refractivity contribution is 0.0524. The predicted octanol–water partition coefficient (Wildman–Crippen LogP) is 2.94. The maximum absolute atomic E-state index is 14.2. The van der Waals surface area contributed by atoms with Gasteiger partial charge >= 0.3 is 5.97 Å². The van der Waals surface area contributed by atoms with Crippen LogP contribution in [0.2, 0.25) is 0 Å². The van der Waals surface area contributed by atoms with Gasteiger partial charge in [-0.15, -0.1) is 0 Å². The molecule has 0 spiro atoms. The molecule has 1 heterocycles. The fourth-order valence-electron chi connectivity index (χ4n) is 2.82. The zero-order valence-corrected chi connectivity index (χ0v) is 13.4. The SMILES string of the molecule is CCOC(=O)c1cn(C2CC2)c2c(COC)c(F)c(F)cc2c1=O. The van der Waals surface area contributed by atoms with Crippen LogP contribution in [0, 0.1) is 11.6 Å². The second-order valence-electron chi connectivity index (χ2n) is 5.71. The number of carbonyl (C=O) groups excluding carboxylic acids is 1. The van der Waals surface area contributed by atoms with Crippen molar-refractivity contribution in [3.63, 3.8) is 0 Å². The first-order valence-corrected chi connectivity index (χ1v) is 7.71. The molecule has 0 amide bonds. The zero-order valence-electron chi connectivity index (χ0n) is 13.4. The van der Waals surface area contributed by atoms with Crippen LogP contribution in [-0.2, 0) is 16.1 Å². The number of ether oxygens (including phenoxy) is 2. The van der Waals surface area contributed by atoms with Gasteiger partial charge < -0.3 is 14.0 Å². The lowest BCUT2D eigenvalue weighted by Gasteiger charge is -2.16. The molecule has 0 saturated heterocycles. The van der Waals surface area contributed by atoms with Crippen LogP contribution in [0.4, 0.5) is 8.78 Å². The first-order chi connectivity index (χ1) is 11.5. The Bertz CT molecular complexity index is 871. The van der Waals surface area contributed by atoms with E-state index in [9.17, 15) is 18.4 Å². The Hall–Kier alpha value is -2.28. The second kappa shape index (κ2) is 6.32. The van der Waals surface area contributed by atoms with Crippen molar-refractivity contribution in [3.8, 4) is 0 Å². The Morgan fingerprint density at radius 3 is 2.67 bits per heavy atom. The van der Waals surface area contributed by atoms with Gasteiger partial charge in [-0.3, -0.25) is 4.79 Å². The summed E-state index contributed by atoms with van der Waals surface area (Å²) in [5.74, 6) is -2.95. The van der Waals surface area contributed by atoms with Gasteiger partial charge in [0.1, 0.15) is 5.56 Å². The first-order valence-electron chi connectivity index (χ1n) is 7.71. The highest BCUT2D eigenvalue weighted by atomic mass is 19.2. The Kier molecular flexibility index (Phi) is 4.36. The van der Waals surface area contributed by atoms with E-state index in [0.29, 0.717) is 0 Å². The zero-order chi connectivity index (χ0) is 17.4. The minimum atomic E-state index is -1.14. The topological polar surface area (TPSA) is 57.5 Å². The van der Waals surface area contributed by atoms with Crippen molar-refractivity contribution in [2.45, 2.75) is 32.4 Å². The van der Waals surface area contributed by atoms with E-state index < -0.39 is 23.0 Å². The summed E-state index contributed by atoms with van der Waals surface area (Å²) in [6.45, 7) is 1.57. The molecule has 0 atom stereocenters. The number of nitrogens with zero attached hydrogens (tertiary/aromatic N) is 1. The normalized spacial score (nSPS) is 14.2. The average Bonchev–Trinajstić information content (AvgIpc) is 3.38. The van der Waals surface area contributed by atoms with Crippen molar-refractivity contribution in [1.29, 1.82) is 0 Å². The molecule has 0 N–H and O–H groups in total. The van der Waals surface area contributed by atoms with Crippen LogP contribution in [0.1, 0.15) is 41.7 Å². The Morgan fingerprint density at radius 2 is 2.08 bits per heavy atom. The molecule has 1 aliphatic carbocycles. The number of hydrogen-bond donors (Lipinski definition) is 0. The summed E-state index contributed by atoms with van der Waals surface area (Å²) in [6.07, 6.45) is 3.06. The van der Waals surface area contributed by atoms with E-state index in [1.165, 1.54) is 13.3 Å². The average molecular weight is 337 g/mol. The van der Waals surface area contributed by atoms with Crippen LogP contribution in [0.15, 0.2) is 17.1 Å². The van der Waals surface area contributed by atoms with Crippen molar-refractivity contribution < 1.29 is 23.0 Å². The Morgan fingerprint density at radius 1 is 1.38 bits per heavy atom. The van der Waals surface area contributed by atoms with Gasteiger partial charge in [0.25, 0.3) is 0 Å². The van der Waals surface area contributed by atoms with Crippen molar-refractivity contribution in [2.75, 3.05) is 13.7 Å². The van der Waals surface area contributed by atoms with E-state index in [1.54, 1.807) is 11.5 Å². The highest BCUT2D eigenvalue weighted by Crippen LogP contribution is 2.38. The lowest BCUT2D eigenvalue weighted by atomic mass is 10.1. The van der Waals surface area contributed by atoms with Gasteiger partial charge in [0, 0.05) is 24.9 Å². The fourth-order valence-corrected chi connectivity index (χ4v) is 2.82. The molecule has 0 radical (unpaired) electrons. The van der Waals surface area contributed by atoms with Crippen LogP contribution in [0.5, 0.6) is 0 Å². The van der Waals surface area contributed by atoms with Gasteiger partial charge in [-0.1, -0.05) is 0 Å². The summed E-state index contributed by atoms with van der Waals surface area (Å²) in [6, 6.07) is 0.884. The molecule has 7 heteroatoms. The molecule has 24 heavy (non-hydrogen) atoms. The number of benzene rings is 1. The summed E-state index contributed by atoms with van der Waals surface area (Å²) >= 11 is 0. The molecule has 5 nitrogen and oxygen atoms in total. The number of halogens is 2. The molecular formula is C17H17F2NO4. The van der Waals surface area contributed by atoms with Crippen molar-refractivity contribution in [3.05, 3.63) is 45.2 Å². The highest BCUT2D eigenvalue weighted by molar-refractivity contribution is 5.94. The maximum Gasteiger partial charge on any atom is 0.343 e. The maximum atomic E-state index is 14.2. The number of pyridine rings is 1. The Labute approximate surface area is 136 Å². The molecule has 3 rings (SSSR count). The standard InChI is InChI=1S/C17H17F2NO4/c1-3-24-17(22)11-7-20(9-4-5-9)15-10(16(11)21)6-13(18)14(19)12(15)8-23-2/h6-7,9H,3-5,8H2,1-2H3. The third kappa shape index (κ3) is 2.69.